The van der Waals surface area contributed by atoms with Gasteiger partial charge in [0.2, 0.25) is 11.7 Å². The summed E-state index contributed by atoms with van der Waals surface area (Å²) in [5, 5.41) is 31.9. The van der Waals surface area contributed by atoms with E-state index < -0.39 is 29.1 Å². The molecule has 0 aliphatic rings. The number of nitrogens with one attached hydrogen (secondary N) is 1. The molecule has 0 aromatic heterocycles. The van der Waals surface area contributed by atoms with Gasteiger partial charge < -0.3 is 21.1 Å². The van der Waals surface area contributed by atoms with Crippen LogP contribution in [0.15, 0.2) is 47.6 Å². The van der Waals surface area contributed by atoms with Crippen LogP contribution in [0.3, 0.4) is 0 Å². The van der Waals surface area contributed by atoms with Crippen LogP contribution in [0.5, 0.6) is 17.2 Å². The van der Waals surface area contributed by atoms with Gasteiger partial charge in [0.25, 0.3) is 5.91 Å². The molecule has 8 nitrogen and oxygen atoms in total. The molecule has 0 saturated heterocycles. The van der Waals surface area contributed by atoms with Gasteiger partial charge >= 0.3 is 0 Å². The number of hydrazone groups is 1. The van der Waals surface area contributed by atoms with Crippen LogP contribution in [0.2, 0.25) is 0 Å². The lowest BCUT2D eigenvalue weighted by Gasteiger charge is -2.04. The van der Waals surface area contributed by atoms with Crippen molar-refractivity contribution < 1.29 is 24.9 Å². The van der Waals surface area contributed by atoms with Crippen molar-refractivity contribution in [2.45, 2.75) is 0 Å². The molecule has 8 heteroatoms. The average Bonchev–Trinajstić information content (AvgIpc) is 2.60. The molecule has 0 spiro atoms. The number of aromatic hydroxyl groups is 3. The first-order valence-electron chi connectivity index (χ1n) is 7.03. The van der Waals surface area contributed by atoms with E-state index in [2.05, 4.69) is 10.5 Å². The van der Waals surface area contributed by atoms with E-state index in [9.17, 15) is 24.9 Å². The second kappa shape index (κ2) is 7.64. The van der Waals surface area contributed by atoms with Crippen LogP contribution in [-0.2, 0) is 4.79 Å². The van der Waals surface area contributed by atoms with E-state index in [1.54, 1.807) is 12.1 Å². The molecule has 0 bridgehead atoms. The smallest absolute Gasteiger partial charge is 0.271 e. The highest BCUT2D eigenvalue weighted by Crippen LogP contribution is 2.36. The molecule has 0 aliphatic carbocycles. The molecule has 0 fully saturated rings. The van der Waals surface area contributed by atoms with Crippen LogP contribution in [0, 0.1) is 0 Å². The fraction of sp³-hybridized carbons (Fsp3) is 0. The third-order valence-corrected chi connectivity index (χ3v) is 3.14. The zero-order chi connectivity index (χ0) is 18.4. The second-order valence-electron chi connectivity index (χ2n) is 4.93. The fourth-order valence-electron chi connectivity index (χ4n) is 1.84. The number of phenols is 3. The summed E-state index contributed by atoms with van der Waals surface area (Å²) >= 11 is 0. The molecule has 25 heavy (non-hydrogen) atoms. The van der Waals surface area contributed by atoms with Gasteiger partial charge in [0.1, 0.15) is 0 Å². The summed E-state index contributed by atoms with van der Waals surface area (Å²) in [6.07, 6.45) is 3.84. The van der Waals surface area contributed by atoms with Gasteiger partial charge in [0.15, 0.2) is 11.5 Å². The van der Waals surface area contributed by atoms with Gasteiger partial charge in [0.05, 0.1) is 6.21 Å². The molecule has 0 saturated carbocycles. The number of rotatable bonds is 5. The van der Waals surface area contributed by atoms with E-state index in [1.165, 1.54) is 36.4 Å². The molecular formula is C17H15N3O5. The highest BCUT2D eigenvalue weighted by atomic mass is 16.3. The number of phenolic OH excluding ortho intramolecular Hbond substituents is 3. The quantitative estimate of drug-likeness (QED) is 0.239. The number of benzene rings is 2. The van der Waals surface area contributed by atoms with E-state index in [0.29, 0.717) is 11.1 Å². The van der Waals surface area contributed by atoms with E-state index in [0.717, 1.165) is 6.21 Å². The maximum atomic E-state index is 11.9. The van der Waals surface area contributed by atoms with Crippen molar-refractivity contribution >= 4 is 24.1 Å². The van der Waals surface area contributed by atoms with Gasteiger partial charge in [-0.1, -0.05) is 12.1 Å². The number of carbonyl (C=O) groups excluding carboxylic acids is 2. The Bertz CT molecular complexity index is 857. The third-order valence-electron chi connectivity index (χ3n) is 3.14. The third kappa shape index (κ3) is 4.58. The topological polar surface area (TPSA) is 145 Å². The summed E-state index contributed by atoms with van der Waals surface area (Å²) in [4.78, 5) is 22.6. The first-order valence-corrected chi connectivity index (χ1v) is 7.03. The van der Waals surface area contributed by atoms with Crippen molar-refractivity contribution in [3.8, 4) is 17.2 Å². The van der Waals surface area contributed by atoms with Gasteiger partial charge in [0, 0.05) is 17.2 Å². The van der Waals surface area contributed by atoms with Crippen LogP contribution >= 0.6 is 0 Å². The Balaban J connectivity index is 2.03. The van der Waals surface area contributed by atoms with E-state index in [1.807, 2.05) is 0 Å². The predicted molar refractivity (Wildman–Crippen MR) is 91.2 cm³/mol. The van der Waals surface area contributed by atoms with Crippen LogP contribution in [0.25, 0.3) is 6.08 Å². The molecule has 0 radical (unpaired) electrons. The van der Waals surface area contributed by atoms with Crippen molar-refractivity contribution in [1.82, 2.24) is 5.43 Å². The molecule has 128 valence electrons. The molecule has 2 rings (SSSR count). The summed E-state index contributed by atoms with van der Waals surface area (Å²) in [6.45, 7) is 0. The van der Waals surface area contributed by atoms with Gasteiger partial charge in [-0.2, -0.15) is 5.10 Å². The highest BCUT2D eigenvalue weighted by Gasteiger charge is 2.09. The van der Waals surface area contributed by atoms with Gasteiger partial charge in [-0.05, 0) is 35.9 Å². The molecule has 0 unspecified atom stereocenters. The zero-order valence-electron chi connectivity index (χ0n) is 12.9. The number of amides is 2. The summed E-state index contributed by atoms with van der Waals surface area (Å²) < 4.78 is 0. The zero-order valence-corrected chi connectivity index (χ0v) is 12.9. The molecule has 2 aromatic rings. The van der Waals surface area contributed by atoms with Crippen molar-refractivity contribution in [2.75, 3.05) is 0 Å². The summed E-state index contributed by atoms with van der Waals surface area (Å²) in [6, 6.07) is 8.82. The molecular weight excluding hydrogens is 326 g/mol. The monoisotopic (exact) mass is 341 g/mol. The predicted octanol–water partition coefficient (Wildman–Crippen LogP) is 1.07. The minimum atomic E-state index is -0.671. The van der Waals surface area contributed by atoms with Gasteiger partial charge in [-0.3, -0.25) is 9.59 Å². The minimum absolute atomic E-state index is 0.113. The van der Waals surface area contributed by atoms with Gasteiger partial charge in [-0.25, -0.2) is 5.43 Å². The maximum Gasteiger partial charge on any atom is 0.271 e. The Labute approximate surface area is 142 Å². The van der Waals surface area contributed by atoms with Crippen molar-refractivity contribution in [3.05, 3.63) is 59.2 Å². The standard InChI is InChI=1S/C17H15N3O5/c18-14(22)8-3-10-1-4-11(5-2-10)17(25)20-19-9-12-6-7-13(21)16(24)15(12)23/h1-9,21,23-24H,(H2,18,22)(H,20,25)/b8-3+,19-9+. The fourth-order valence-corrected chi connectivity index (χ4v) is 1.84. The Kier molecular flexibility index (Phi) is 5.36. The van der Waals surface area contributed by atoms with Crippen LogP contribution in [-0.4, -0.2) is 33.3 Å². The Morgan fingerprint density at radius 2 is 1.68 bits per heavy atom. The number of carbonyl (C=O) groups is 2. The Morgan fingerprint density at radius 1 is 1.00 bits per heavy atom. The first kappa shape index (κ1) is 17.5. The number of hydrogen-bond donors (Lipinski definition) is 5. The highest BCUT2D eigenvalue weighted by molar-refractivity contribution is 5.95. The maximum absolute atomic E-state index is 11.9. The molecule has 0 heterocycles. The molecule has 0 atom stereocenters. The lowest BCUT2D eigenvalue weighted by Crippen LogP contribution is -2.17. The van der Waals surface area contributed by atoms with Crippen LogP contribution in [0.1, 0.15) is 21.5 Å². The van der Waals surface area contributed by atoms with Crippen molar-refractivity contribution in [2.24, 2.45) is 10.8 Å². The lowest BCUT2D eigenvalue weighted by molar-refractivity contribution is -0.113. The molecule has 2 aromatic carbocycles. The lowest BCUT2D eigenvalue weighted by atomic mass is 10.1. The van der Waals surface area contributed by atoms with Crippen LogP contribution in [0.4, 0.5) is 0 Å². The molecule has 0 aliphatic heterocycles. The normalized spacial score (nSPS) is 11.0. The number of hydrogen-bond acceptors (Lipinski definition) is 6. The van der Waals surface area contributed by atoms with Crippen LogP contribution < -0.4 is 11.2 Å². The Morgan fingerprint density at radius 3 is 2.32 bits per heavy atom. The Hall–Kier alpha value is -3.81. The average molecular weight is 341 g/mol. The largest absolute Gasteiger partial charge is 0.504 e. The van der Waals surface area contributed by atoms with E-state index in [-0.39, 0.29) is 5.56 Å². The van der Waals surface area contributed by atoms with Gasteiger partial charge in [-0.15, -0.1) is 0 Å². The van der Waals surface area contributed by atoms with E-state index >= 15 is 0 Å². The molecule has 6 N–H and O–H groups in total. The summed E-state index contributed by atoms with van der Waals surface area (Å²) in [5.41, 5.74) is 8.39. The summed E-state index contributed by atoms with van der Waals surface area (Å²) in [7, 11) is 0. The number of nitrogens with zero attached hydrogens (tertiary/aromatic N) is 1. The minimum Gasteiger partial charge on any atom is -0.504 e. The number of primary amides is 1. The molecule has 2 amide bonds. The first-order chi connectivity index (χ1) is 11.9. The SMILES string of the molecule is NC(=O)/C=C/c1ccc(C(=O)N/N=C/c2ccc(O)c(O)c2O)cc1. The van der Waals surface area contributed by atoms with Crippen molar-refractivity contribution in [3.63, 3.8) is 0 Å². The summed E-state index contributed by atoms with van der Waals surface area (Å²) in [5.74, 6) is -2.76. The van der Waals surface area contributed by atoms with Crippen molar-refractivity contribution in [1.29, 1.82) is 0 Å². The number of nitrogens with two attached hydrogens (primary N) is 1. The van der Waals surface area contributed by atoms with E-state index in [4.69, 9.17) is 5.73 Å². The second-order valence-corrected chi connectivity index (χ2v) is 4.93.